The summed E-state index contributed by atoms with van der Waals surface area (Å²) in [5.41, 5.74) is 1.27. The maximum Gasteiger partial charge on any atom is 0.236 e. The van der Waals surface area contributed by atoms with Crippen LogP contribution in [0, 0.1) is 5.92 Å². The summed E-state index contributed by atoms with van der Waals surface area (Å²) in [6.07, 6.45) is 2.62. The summed E-state index contributed by atoms with van der Waals surface area (Å²) in [6.45, 7) is 10.7. The van der Waals surface area contributed by atoms with E-state index in [0.717, 1.165) is 57.0 Å². The van der Waals surface area contributed by atoms with Gasteiger partial charge in [-0.05, 0) is 63.9 Å². The highest BCUT2D eigenvalue weighted by atomic mass is 35.5. The van der Waals surface area contributed by atoms with Crippen LogP contribution < -0.4 is 0 Å². The molecule has 2 heterocycles. The van der Waals surface area contributed by atoms with Gasteiger partial charge in [0.25, 0.3) is 0 Å². The molecule has 2 fully saturated rings. The van der Waals surface area contributed by atoms with Crippen LogP contribution in [-0.4, -0.2) is 90.3 Å². The molecule has 0 aliphatic carbocycles. The highest BCUT2D eigenvalue weighted by Gasteiger charge is 2.30. The Morgan fingerprint density at radius 2 is 1.61 bits per heavy atom. The normalized spacial score (nSPS) is 19.5. The van der Waals surface area contributed by atoms with Crippen molar-refractivity contribution in [3.8, 4) is 0 Å². The number of rotatable bonds is 6. The summed E-state index contributed by atoms with van der Waals surface area (Å²) < 4.78 is 0. The van der Waals surface area contributed by atoms with Gasteiger partial charge in [0, 0.05) is 56.8 Å². The van der Waals surface area contributed by atoms with E-state index in [1.807, 2.05) is 42.8 Å². The van der Waals surface area contributed by atoms with E-state index < -0.39 is 0 Å². The predicted molar refractivity (Wildman–Crippen MR) is 125 cm³/mol. The average molecular weight is 449 g/mol. The molecule has 0 atom stereocenters. The lowest BCUT2D eigenvalue weighted by Crippen LogP contribution is -2.47. The van der Waals surface area contributed by atoms with Crippen LogP contribution in [0.4, 0.5) is 0 Å². The molecule has 0 radical (unpaired) electrons. The Kier molecular flexibility index (Phi) is 8.76. The number of nitrogens with zero attached hydrogens (tertiary/aromatic N) is 4. The summed E-state index contributed by atoms with van der Waals surface area (Å²) in [5, 5.41) is 0.768. The van der Waals surface area contributed by atoms with Crippen LogP contribution in [0.1, 0.15) is 38.7 Å². The van der Waals surface area contributed by atoms with Gasteiger partial charge in [-0.2, -0.15) is 0 Å². The molecular weight excluding hydrogens is 412 g/mol. The van der Waals surface area contributed by atoms with Gasteiger partial charge in [-0.25, -0.2) is 0 Å². The molecule has 2 saturated heterocycles. The molecular formula is C24H37ClN4O2. The van der Waals surface area contributed by atoms with Crippen molar-refractivity contribution in [2.75, 3.05) is 52.9 Å². The summed E-state index contributed by atoms with van der Waals surface area (Å²) in [5.74, 6) is 0.473. The lowest BCUT2D eigenvalue weighted by molar-refractivity contribution is -0.141. The summed E-state index contributed by atoms with van der Waals surface area (Å²) in [7, 11) is 1.88. The van der Waals surface area contributed by atoms with Gasteiger partial charge in [0.2, 0.25) is 11.8 Å². The SMILES string of the molecule is CC(C)N(C)C(=O)C1CCN(C(=O)CN2CCCN(Cc3ccc(Cl)cc3)CC2)CC1. The number of amides is 2. The van der Waals surface area contributed by atoms with Gasteiger partial charge in [-0.1, -0.05) is 23.7 Å². The molecule has 1 aromatic carbocycles. The number of carbonyl (C=O) groups is 2. The first-order valence-electron chi connectivity index (χ1n) is 11.6. The predicted octanol–water partition coefficient (Wildman–Crippen LogP) is 2.95. The number of hydrogen-bond donors (Lipinski definition) is 0. The van der Waals surface area contributed by atoms with Crippen LogP contribution in [0.5, 0.6) is 0 Å². The van der Waals surface area contributed by atoms with Crippen molar-refractivity contribution in [3.05, 3.63) is 34.9 Å². The fourth-order valence-electron chi connectivity index (χ4n) is 4.40. The van der Waals surface area contributed by atoms with Crippen LogP contribution >= 0.6 is 11.6 Å². The maximum atomic E-state index is 12.9. The minimum atomic E-state index is 0.0519. The van der Waals surface area contributed by atoms with Gasteiger partial charge < -0.3 is 9.80 Å². The molecule has 2 amide bonds. The monoisotopic (exact) mass is 448 g/mol. The van der Waals surface area contributed by atoms with Crippen LogP contribution in [-0.2, 0) is 16.1 Å². The van der Waals surface area contributed by atoms with Gasteiger partial charge in [-0.15, -0.1) is 0 Å². The van der Waals surface area contributed by atoms with Crippen LogP contribution in [0.2, 0.25) is 5.02 Å². The van der Waals surface area contributed by atoms with E-state index in [-0.39, 0.29) is 23.8 Å². The molecule has 31 heavy (non-hydrogen) atoms. The highest BCUT2D eigenvalue weighted by molar-refractivity contribution is 6.30. The molecule has 2 aliphatic heterocycles. The smallest absolute Gasteiger partial charge is 0.236 e. The summed E-state index contributed by atoms with van der Waals surface area (Å²) in [4.78, 5) is 33.9. The molecule has 7 heteroatoms. The molecule has 3 rings (SSSR count). The van der Waals surface area contributed by atoms with Crippen molar-refractivity contribution in [1.29, 1.82) is 0 Å². The van der Waals surface area contributed by atoms with E-state index in [9.17, 15) is 9.59 Å². The fourth-order valence-corrected chi connectivity index (χ4v) is 4.52. The second kappa shape index (κ2) is 11.3. The Balaban J connectivity index is 1.42. The van der Waals surface area contributed by atoms with E-state index in [0.29, 0.717) is 19.6 Å². The fraction of sp³-hybridized carbons (Fsp3) is 0.667. The van der Waals surface area contributed by atoms with Gasteiger partial charge in [-0.3, -0.25) is 19.4 Å². The molecule has 172 valence electrons. The topological polar surface area (TPSA) is 47.1 Å². The third-order valence-corrected chi connectivity index (χ3v) is 6.93. The van der Waals surface area contributed by atoms with Crippen molar-refractivity contribution < 1.29 is 9.59 Å². The van der Waals surface area contributed by atoms with E-state index in [1.54, 1.807) is 0 Å². The molecule has 0 saturated carbocycles. The summed E-state index contributed by atoms with van der Waals surface area (Å²) in [6, 6.07) is 8.27. The Morgan fingerprint density at radius 1 is 1.00 bits per heavy atom. The lowest BCUT2D eigenvalue weighted by atomic mass is 9.95. The standard InChI is InChI=1S/C24H37ClN4O2/c1-19(2)26(3)24(31)21-9-13-29(14-10-21)23(30)18-28-12-4-11-27(15-16-28)17-20-5-7-22(25)8-6-20/h5-8,19,21H,4,9-18H2,1-3H3. The van der Waals surface area contributed by atoms with E-state index >= 15 is 0 Å². The molecule has 0 unspecified atom stereocenters. The number of likely N-dealkylation sites (tertiary alicyclic amines) is 1. The molecule has 1 aromatic rings. The lowest BCUT2D eigenvalue weighted by Gasteiger charge is -2.35. The first-order chi connectivity index (χ1) is 14.8. The number of piperidine rings is 1. The van der Waals surface area contributed by atoms with Gasteiger partial charge in [0.15, 0.2) is 0 Å². The number of hydrogen-bond acceptors (Lipinski definition) is 4. The molecule has 0 N–H and O–H groups in total. The largest absolute Gasteiger partial charge is 0.343 e. The zero-order valence-electron chi connectivity index (χ0n) is 19.2. The average Bonchev–Trinajstić information content (AvgIpc) is 2.99. The minimum Gasteiger partial charge on any atom is -0.343 e. The second-order valence-corrected chi connectivity index (χ2v) is 9.67. The van der Waals surface area contributed by atoms with Crippen molar-refractivity contribution in [2.24, 2.45) is 5.92 Å². The number of halogens is 1. The van der Waals surface area contributed by atoms with Gasteiger partial charge in [0.1, 0.15) is 0 Å². The molecule has 0 bridgehead atoms. The van der Waals surface area contributed by atoms with E-state index in [4.69, 9.17) is 11.6 Å². The Hall–Kier alpha value is -1.63. The number of benzene rings is 1. The van der Waals surface area contributed by atoms with E-state index in [2.05, 4.69) is 21.9 Å². The summed E-state index contributed by atoms with van der Waals surface area (Å²) >= 11 is 5.99. The zero-order chi connectivity index (χ0) is 22.4. The van der Waals surface area contributed by atoms with Gasteiger partial charge >= 0.3 is 0 Å². The third-order valence-electron chi connectivity index (χ3n) is 6.68. The quantitative estimate of drug-likeness (QED) is 0.671. The maximum absolute atomic E-state index is 12.9. The Morgan fingerprint density at radius 3 is 2.26 bits per heavy atom. The molecule has 0 aromatic heterocycles. The van der Waals surface area contributed by atoms with Crippen LogP contribution in [0.15, 0.2) is 24.3 Å². The second-order valence-electron chi connectivity index (χ2n) is 9.23. The minimum absolute atomic E-state index is 0.0519. The van der Waals surface area contributed by atoms with Crippen molar-refractivity contribution in [1.82, 2.24) is 19.6 Å². The van der Waals surface area contributed by atoms with Crippen LogP contribution in [0.25, 0.3) is 0 Å². The Labute approximate surface area is 192 Å². The van der Waals surface area contributed by atoms with Crippen molar-refractivity contribution in [3.63, 3.8) is 0 Å². The molecule has 6 nitrogen and oxygen atoms in total. The van der Waals surface area contributed by atoms with Crippen molar-refractivity contribution >= 4 is 23.4 Å². The van der Waals surface area contributed by atoms with Gasteiger partial charge in [0.05, 0.1) is 6.54 Å². The van der Waals surface area contributed by atoms with Crippen molar-refractivity contribution in [2.45, 2.75) is 45.7 Å². The van der Waals surface area contributed by atoms with E-state index in [1.165, 1.54) is 5.56 Å². The molecule has 2 aliphatic rings. The Bertz CT molecular complexity index is 732. The molecule has 0 spiro atoms. The zero-order valence-corrected chi connectivity index (χ0v) is 20.0. The first kappa shape index (κ1) is 24.0. The van der Waals surface area contributed by atoms with Crippen LogP contribution in [0.3, 0.4) is 0 Å². The third kappa shape index (κ3) is 6.93. The first-order valence-corrected chi connectivity index (χ1v) is 11.9. The number of carbonyl (C=O) groups excluding carboxylic acids is 2. The highest BCUT2D eigenvalue weighted by Crippen LogP contribution is 2.21.